The predicted molar refractivity (Wildman–Crippen MR) is 44.9 cm³/mol. The summed E-state index contributed by atoms with van der Waals surface area (Å²) in [6, 6.07) is 0. The maximum atomic E-state index is 10.6. The Morgan fingerprint density at radius 2 is 2.38 bits per heavy atom. The molecule has 1 rings (SSSR count). The lowest BCUT2D eigenvalue weighted by Gasteiger charge is -2.03. The van der Waals surface area contributed by atoms with Crippen molar-refractivity contribution in [2.45, 2.75) is 19.3 Å². The second-order valence-corrected chi connectivity index (χ2v) is 2.66. The number of carbonyl (C=O) groups excluding carboxylic acids is 1. The highest BCUT2D eigenvalue weighted by Gasteiger charge is 2.17. The van der Waals surface area contributed by atoms with Crippen molar-refractivity contribution in [3.05, 3.63) is 11.7 Å². The molecule has 0 bridgehead atoms. The molecule has 1 aromatic rings. The number of nitrogens with two attached hydrogens (primary N) is 2. The van der Waals surface area contributed by atoms with Gasteiger partial charge in [0.25, 0.3) is 11.7 Å². The molecule has 0 saturated heterocycles. The monoisotopic (exact) mass is 184 g/mol. The third-order valence-electron chi connectivity index (χ3n) is 1.79. The molecule has 0 radical (unpaired) electrons. The van der Waals surface area contributed by atoms with Crippen molar-refractivity contribution in [3.63, 3.8) is 0 Å². The molecule has 6 nitrogen and oxygen atoms in total. The van der Waals surface area contributed by atoms with E-state index in [4.69, 9.17) is 16.0 Å². The number of amides is 1. The normalized spacial score (nSPS) is 12.8. The van der Waals surface area contributed by atoms with E-state index >= 15 is 0 Å². The molecule has 0 saturated carbocycles. The number of carbonyl (C=O) groups is 1. The number of hydrogen-bond acceptors (Lipinski definition) is 5. The van der Waals surface area contributed by atoms with Gasteiger partial charge in [-0.1, -0.05) is 12.1 Å². The van der Waals surface area contributed by atoms with Gasteiger partial charge in [-0.05, 0) is 6.42 Å². The Morgan fingerprint density at radius 1 is 1.69 bits per heavy atom. The summed E-state index contributed by atoms with van der Waals surface area (Å²) < 4.78 is 4.83. The number of nitrogens with zero attached hydrogens (tertiary/aromatic N) is 2. The van der Waals surface area contributed by atoms with Gasteiger partial charge in [0.05, 0.1) is 5.92 Å². The molecule has 72 valence electrons. The lowest BCUT2D eigenvalue weighted by molar-refractivity contribution is 0.0987. The van der Waals surface area contributed by atoms with E-state index in [1.54, 1.807) is 0 Å². The second-order valence-electron chi connectivity index (χ2n) is 2.66. The molecule has 0 aliphatic heterocycles. The van der Waals surface area contributed by atoms with E-state index in [1.807, 2.05) is 6.92 Å². The highest BCUT2D eigenvalue weighted by molar-refractivity contribution is 5.88. The maximum absolute atomic E-state index is 10.6. The van der Waals surface area contributed by atoms with Crippen molar-refractivity contribution >= 4 is 5.91 Å². The molecular weight excluding hydrogens is 172 g/mol. The summed E-state index contributed by atoms with van der Waals surface area (Å²) in [5.74, 6) is -0.414. The fraction of sp³-hybridized carbons (Fsp3) is 0.571. The summed E-state index contributed by atoms with van der Waals surface area (Å²) in [4.78, 5) is 14.4. The Hall–Kier alpha value is -1.43. The Bertz CT molecular complexity index is 292. The third kappa shape index (κ3) is 2.03. The van der Waals surface area contributed by atoms with Crippen LogP contribution < -0.4 is 11.5 Å². The van der Waals surface area contributed by atoms with E-state index in [2.05, 4.69) is 10.1 Å². The predicted octanol–water partition coefficient (Wildman–Crippen LogP) is -0.379. The molecule has 4 N–H and O–H groups in total. The first-order valence-corrected chi connectivity index (χ1v) is 4.02. The van der Waals surface area contributed by atoms with E-state index in [0.717, 1.165) is 6.42 Å². The summed E-state index contributed by atoms with van der Waals surface area (Å²) in [6.07, 6.45) is 0.789. The number of primary amides is 1. The summed E-state index contributed by atoms with van der Waals surface area (Å²) in [5, 5.41) is 3.42. The lowest BCUT2D eigenvalue weighted by atomic mass is 10.1. The molecular formula is C7H12N4O2. The highest BCUT2D eigenvalue weighted by atomic mass is 16.5. The van der Waals surface area contributed by atoms with Crippen molar-refractivity contribution in [1.82, 2.24) is 10.1 Å². The van der Waals surface area contributed by atoms with Crippen LogP contribution in [0.25, 0.3) is 0 Å². The Kier molecular flexibility index (Phi) is 2.97. The Labute approximate surface area is 75.3 Å². The number of hydrogen-bond donors (Lipinski definition) is 2. The smallest absolute Gasteiger partial charge is 0.290 e. The SMILES string of the molecule is CCC(CN)c1nc(C(N)=O)no1. The fourth-order valence-corrected chi connectivity index (χ4v) is 0.943. The zero-order chi connectivity index (χ0) is 9.84. The summed E-state index contributed by atoms with van der Waals surface area (Å²) >= 11 is 0. The van der Waals surface area contributed by atoms with Gasteiger partial charge in [0.2, 0.25) is 5.89 Å². The zero-order valence-electron chi connectivity index (χ0n) is 7.36. The van der Waals surface area contributed by atoms with Crippen LogP contribution in [0, 0.1) is 0 Å². The van der Waals surface area contributed by atoms with Crippen LogP contribution in [0.3, 0.4) is 0 Å². The Balaban J connectivity index is 2.84. The number of rotatable bonds is 4. The van der Waals surface area contributed by atoms with Crippen LogP contribution in [-0.4, -0.2) is 22.6 Å². The quantitative estimate of drug-likeness (QED) is 0.663. The molecule has 1 heterocycles. The summed E-state index contributed by atoms with van der Waals surface area (Å²) in [7, 11) is 0. The standard InChI is InChI=1S/C7H12N4O2/c1-2-4(3-8)7-10-6(5(9)12)11-13-7/h4H,2-3,8H2,1H3,(H2,9,12). The van der Waals surface area contributed by atoms with Crippen LogP contribution in [-0.2, 0) is 0 Å². The minimum atomic E-state index is -0.693. The van der Waals surface area contributed by atoms with Crippen LogP contribution >= 0.6 is 0 Å². The van der Waals surface area contributed by atoms with E-state index in [9.17, 15) is 4.79 Å². The van der Waals surface area contributed by atoms with Gasteiger partial charge >= 0.3 is 0 Å². The van der Waals surface area contributed by atoms with Crippen LogP contribution in [0.5, 0.6) is 0 Å². The first-order valence-electron chi connectivity index (χ1n) is 4.02. The van der Waals surface area contributed by atoms with Crippen LogP contribution in [0.2, 0.25) is 0 Å². The molecule has 6 heteroatoms. The van der Waals surface area contributed by atoms with Crippen molar-refractivity contribution < 1.29 is 9.32 Å². The van der Waals surface area contributed by atoms with Crippen LogP contribution in [0.1, 0.15) is 35.8 Å². The average Bonchev–Trinajstić information content (AvgIpc) is 2.56. The topological polar surface area (TPSA) is 108 Å². The summed E-state index contributed by atoms with van der Waals surface area (Å²) in [6.45, 7) is 2.36. The van der Waals surface area contributed by atoms with Crippen molar-refractivity contribution in [2.24, 2.45) is 11.5 Å². The molecule has 0 aliphatic rings. The average molecular weight is 184 g/mol. The molecule has 1 amide bonds. The molecule has 0 aliphatic carbocycles. The van der Waals surface area contributed by atoms with Crippen molar-refractivity contribution in [1.29, 1.82) is 0 Å². The van der Waals surface area contributed by atoms with Crippen LogP contribution in [0.15, 0.2) is 4.52 Å². The maximum Gasteiger partial charge on any atom is 0.290 e. The van der Waals surface area contributed by atoms with E-state index in [1.165, 1.54) is 0 Å². The fourth-order valence-electron chi connectivity index (χ4n) is 0.943. The Morgan fingerprint density at radius 3 is 2.77 bits per heavy atom. The van der Waals surface area contributed by atoms with E-state index in [0.29, 0.717) is 12.4 Å². The number of aromatic nitrogens is 2. The second kappa shape index (κ2) is 3.99. The van der Waals surface area contributed by atoms with Crippen molar-refractivity contribution in [2.75, 3.05) is 6.54 Å². The van der Waals surface area contributed by atoms with Crippen molar-refractivity contribution in [3.8, 4) is 0 Å². The van der Waals surface area contributed by atoms with Gasteiger partial charge < -0.3 is 16.0 Å². The first kappa shape index (κ1) is 9.66. The summed E-state index contributed by atoms with van der Waals surface area (Å²) in [5.41, 5.74) is 10.4. The van der Waals surface area contributed by atoms with Gasteiger partial charge in [0, 0.05) is 6.54 Å². The highest BCUT2D eigenvalue weighted by Crippen LogP contribution is 2.15. The molecule has 0 spiro atoms. The molecule has 0 fully saturated rings. The molecule has 0 aromatic carbocycles. The van der Waals surface area contributed by atoms with Gasteiger partial charge in [-0.2, -0.15) is 4.98 Å². The minimum Gasteiger partial charge on any atom is -0.363 e. The molecule has 1 unspecified atom stereocenters. The lowest BCUT2D eigenvalue weighted by Crippen LogP contribution is -2.14. The minimum absolute atomic E-state index is 0.000556. The third-order valence-corrected chi connectivity index (χ3v) is 1.79. The van der Waals surface area contributed by atoms with E-state index < -0.39 is 5.91 Å². The van der Waals surface area contributed by atoms with E-state index in [-0.39, 0.29) is 11.7 Å². The first-order chi connectivity index (χ1) is 6.19. The van der Waals surface area contributed by atoms with Gasteiger partial charge in [0.15, 0.2) is 0 Å². The van der Waals surface area contributed by atoms with Crippen LogP contribution in [0.4, 0.5) is 0 Å². The largest absolute Gasteiger partial charge is 0.363 e. The zero-order valence-corrected chi connectivity index (χ0v) is 7.36. The van der Waals surface area contributed by atoms with Gasteiger partial charge in [0.1, 0.15) is 0 Å². The van der Waals surface area contributed by atoms with Gasteiger partial charge in [-0.25, -0.2) is 0 Å². The van der Waals surface area contributed by atoms with Gasteiger partial charge in [-0.15, -0.1) is 0 Å². The molecule has 13 heavy (non-hydrogen) atoms. The van der Waals surface area contributed by atoms with Gasteiger partial charge in [-0.3, -0.25) is 4.79 Å². The molecule has 1 aromatic heterocycles. The molecule has 1 atom stereocenters.